The first-order valence-electron chi connectivity index (χ1n) is 10.5. The number of aromatic nitrogens is 4. The SMILES string of the molecule is Cc1sc(-c2ncn[nH]2)nc1C(=O)Nc1ccc(N2CCCN(C)CC2)cc1.O=C(O)C(F)(F)F. The smallest absolute Gasteiger partial charge is 0.475 e. The van der Waals surface area contributed by atoms with Gasteiger partial charge in [0.2, 0.25) is 0 Å². The Morgan fingerprint density at radius 3 is 2.43 bits per heavy atom. The lowest BCUT2D eigenvalue weighted by Gasteiger charge is -2.23. The summed E-state index contributed by atoms with van der Waals surface area (Å²) in [5.74, 6) is -2.41. The second kappa shape index (κ2) is 11.3. The largest absolute Gasteiger partial charge is 0.490 e. The first-order chi connectivity index (χ1) is 16.5. The third-order valence-corrected chi connectivity index (χ3v) is 6.06. The molecule has 1 fully saturated rings. The van der Waals surface area contributed by atoms with Gasteiger partial charge in [-0.1, -0.05) is 0 Å². The lowest BCUT2D eigenvalue weighted by Crippen LogP contribution is -2.28. The van der Waals surface area contributed by atoms with E-state index >= 15 is 0 Å². The number of nitrogens with zero attached hydrogens (tertiary/aromatic N) is 5. The first-order valence-corrected chi connectivity index (χ1v) is 11.3. The Hall–Kier alpha value is -3.52. The number of H-pyrrole nitrogens is 1. The Kier molecular flexibility index (Phi) is 8.40. The maximum absolute atomic E-state index is 12.7. The van der Waals surface area contributed by atoms with E-state index in [1.54, 1.807) is 0 Å². The highest BCUT2D eigenvalue weighted by Crippen LogP contribution is 2.26. The number of aliphatic carboxylic acids is 1. The zero-order chi connectivity index (χ0) is 25.6. The number of halogens is 3. The molecule has 3 aromatic rings. The summed E-state index contributed by atoms with van der Waals surface area (Å²) in [5.41, 5.74) is 2.36. The molecule has 0 aliphatic carbocycles. The van der Waals surface area contributed by atoms with Gasteiger partial charge in [-0.05, 0) is 51.2 Å². The number of carbonyl (C=O) groups is 2. The number of aryl methyl sites for hydroxylation is 1. The zero-order valence-electron chi connectivity index (χ0n) is 19.0. The van der Waals surface area contributed by atoms with Crippen LogP contribution in [-0.4, -0.2) is 81.5 Å². The second-order valence-corrected chi connectivity index (χ2v) is 8.91. The van der Waals surface area contributed by atoms with Crippen LogP contribution in [-0.2, 0) is 4.79 Å². The normalized spacial score (nSPS) is 14.6. The van der Waals surface area contributed by atoms with Crippen molar-refractivity contribution in [3.63, 3.8) is 0 Å². The van der Waals surface area contributed by atoms with Gasteiger partial charge < -0.3 is 20.2 Å². The van der Waals surface area contributed by atoms with Crippen LogP contribution in [0, 0.1) is 6.92 Å². The minimum atomic E-state index is -5.08. The second-order valence-electron chi connectivity index (χ2n) is 7.71. The van der Waals surface area contributed by atoms with Crippen molar-refractivity contribution in [3.8, 4) is 10.8 Å². The van der Waals surface area contributed by atoms with Gasteiger partial charge in [0.25, 0.3) is 5.91 Å². The molecule has 14 heteroatoms. The number of likely N-dealkylation sites (N-methyl/N-ethyl adjacent to an activating group) is 1. The summed E-state index contributed by atoms with van der Waals surface area (Å²) >= 11 is 1.42. The van der Waals surface area contributed by atoms with Crippen molar-refractivity contribution in [1.82, 2.24) is 25.1 Å². The number of carboxylic acid groups (broad SMARTS) is 1. The average Bonchev–Trinajstić information content (AvgIpc) is 3.41. The highest BCUT2D eigenvalue weighted by molar-refractivity contribution is 7.15. The Labute approximate surface area is 202 Å². The predicted molar refractivity (Wildman–Crippen MR) is 125 cm³/mol. The molecule has 2 aromatic heterocycles. The van der Waals surface area contributed by atoms with Gasteiger partial charge in [-0.25, -0.2) is 14.8 Å². The lowest BCUT2D eigenvalue weighted by molar-refractivity contribution is -0.192. The molecule has 3 N–H and O–H groups in total. The van der Waals surface area contributed by atoms with Crippen molar-refractivity contribution in [1.29, 1.82) is 0 Å². The minimum Gasteiger partial charge on any atom is -0.475 e. The van der Waals surface area contributed by atoms with E-state index in [2.05, 4.69) is 54.5 Å². The zero-order valence-corrected chi connectivity index (χ0v) is 19.8. The quantitative estimate of drug-likeness (QED) is 0.487. The third kappa shape index (κ3) is 7.23. The summed E-state index contributed by atoms with van der Waals surface area (Å²) in [6.07, 6.45) is -2.50. The maximum Gasteiger partial charge on any atom is 0.490 e. The van der Waals surface area contributed by atoms with Gasteiger partial charge in [0.1, 0.15) is 12.0 Å². The number of benzene rings is 1. The highest BCUT2D eigenvalue weighted by atomic mass is 32.1. The highest BCUT2D eigenvalue weighted by Gasteiger charge is 2.38. The molecule has 3 heterocycles. The van der Waals surface area contributed by atoms with Crippen molar-refractivity contribution < 1.29 is 27.9 Å². The van der Waals surface area contributed by atoms with E-state index in [4.69, 9.17) is 9.90 Å². The van der Waals surface area contributed by atoms with Gasteiger partial charge >= 0.3 is 12.1 Å². The molecule has 1 amide bonds. The summed E-state index contributed by atoms with van der Waals surface area (Å²) < 4.78 is 31.7. The molecule has 0 spiro atoms. The molecule has 0 atom stereocenters. The number of hydrogen-bond acceptors (Lipinski definition) is 8. The van der Waals surface area contributed by atoms with E-state index in [0.29, 0.717) is 16.5 Å². The average molecular weight is 512 g/mol. The molecule has 1 aliphatic rings. The summed E-state index contributed by atoms with van der Waals surface area (Å²) in [4.78, 5) is 35.7. The third-order valence-electron chi connectivity index (χ3n) is 5.08. The number of rotatable bonds is 4. The van der Waals surface area contributed by atoms with Gasteiger partial charge in [-0.2, -0.15) is 18.3 Å². The van der Waals surface area contributed by atoms with Gasteiger partial charge in [0, 0.05) is 35.9 Å². The van der Waals surface area contributed by atoms with Gasteiger partial charge in [0.15, 0.2) is 10.8 Å². The van der Waals surface area contributed by atoms with Crippen LogP contribution in [0.1, 0.15) is 21.8 Å². The molecule has 4 rings (SSSR count). The van der Waals surface area contributed by atoms with E-state index in [-0.39, 0.29) is 5.91 Å². The fourth-order valence-electron chi connectivity index (χ4n) is 3.27. The minimum absolute atomic E-state index is 0.219. The van der Waals surface area contributed by atoms with Crippen LogP contribution in [0.2, 0.25) is 0 Å². The Bertz CT molecular complexity index is 1130. The topological polar surface area (TPSA) is 127 Å². The summed E-state index contributed by atoms with van der Waals surface area (Å²) in [6.45, 7) is 6.15. The summed E-state index contributed by atoms with van der Waals surface area (Å²) in [6, 6.07) is 8.02. The number of carbonyl (C=O) groups excluding carboxylic acids is 1. The van der Waals surface area contributed by atoms with Crippen LogP contribution in [0.3, 0.4) is 0 Å². The predicted octanol–water partition coefficient (Wildman–Crippen LogP) is 3.26. The van der Waals surface area contributed by atoms with Crippen molar-refractivity contribution in [2.75, 3.05) is 43.4 Å². The van der Waals surface area contributed by atoms with Gasteiger partial charge in [-0.15, -0.1) is 11.3 Å². The fourth-order valence-corrected chi connectivity index (χ4v) is 4.12. The molecule has 1 saturated heterocycles. The van der Waals surface area contributed by atoms with Crippen molar-refractivity contribution in [2.24, 2.45) is 0 Å². The molecule has 35 heavy (non-hydrogen) atoms. The molecular formula is C21H24F3N7O3S. The Morgan fingerprint density at radius 1 is 1.14 bits per heavy atom. The molecule has 1 aliphatic heterocycles. The van der Waals surface area contributed by atoms with Gasteiger partial charge in [0.05, 0.1) is 0 Å². The Morgan fingerprint density at radius 2 is 1.83 bits per heavy atom. The van der Waals surface area contributed by atoms with E-state index < -0.39 is 12.1 Å². The van der Waals surface area contributed by atoms with Crippen molar-refractivity contribution >= 4 is 34.6 Å². The van der Waals surface area contributed by atoms with Crippen LogP contribution in [0.4, 0.5) is 24.5 Å². The monoisotopic (exact) mass is 511 g/mol. The standard InChI is InChI=1S/C19H23N7OS.C2HF3O2/c1-13-16(23-19(28-13)17-20-12-21-24-17)18(27)22-14-4-6-15(7-5-14)26-9-3-8-25(2)10-11-26;3-2(4,5)1(6)7/h4-7,12H,3,8-11H2,1-2H3,(H,22,27)(H,20,21,24);(H,6,7). The molecule has 0 unspecified atom stereocenters. The number of alkyl halides is 3. The Balaban J connectivity index is 0.000000429. The number of nitrogens with one attached hydrogen (secondary N) is 2. The molecule has 0 saturated carbocycles. The number of hydrogen-bond donors (Lipinski definition) is 3. The molecule has 188 valence electrons. The number of amides is 1. The van der Waals surface area contributed by atoms with Gasteiger partial charge in [-0.3, -0.25) is 9.89 Å². The number of thiazole rings is 1. The van der Waals surface area contributed by atoms with Crippen LogP contribution in [0.15, 0.2) is 30.6 Å². The van der Waals surface area contributed by atoms with E-state index in [9.17, 15) is 18.0 Å². The number of aromatic amines is 1. The van der Waals surface area contributed by atoms with Crippen molar-refractivity contribution in [3.05, 3.63) is 41.2 Å². The van der Waals surface area contributed by atoms with Crippen LogP contribution in [0.25, 0.3) is 10.8 Å². The summed E-state index contributed by atoms with van der Waals surface area (Å²) in [7, 11) is 2.16. The van der Waals surface area contributed by atoms with E-state index in [1.165, 1.54) is 23.4 Å². The number of carboxylic acids is 1. The first kappa shape index (κ1) is 26.1. The maximum atomic E-state index is 12.7. The summed E-state index contributed by atoms with van der Waals surface area (Å²) in [5, 5.41) is 17.3. The lowest BCUT2D eigenvalue weighted by atomic mass is 10.2. The molecule has 10 nitrogen and oxygen atoms in total. The van der Waals surface area contributed by atoms with E-state index in [1.807, 2.05) is 19.1 Å². The van der Waals surface area contributed by atoms with Crippen LogP contribution in [0.5, 0.6) is 0 Å². The van der Waals surface area contributed by atoms with E-state index in [0.717, 1.165) is 43.2 Å². The molecule has 0 radical (unpaired) electrons. The molecular weight excluding hydrogens is 487 g/mol. The fraction of sp³-hybridized carbons (Fsp3) is 0.381. The molecule has 1 aromatic carbocycles. The van der Waals surface area contributed by atoms with Crippen molar-refractivity contribution in [2.45, 2.75) is 19.5 Å². The molecule has 0 bridgehead atoms. The van der Waals surface area contributed by atoms with Crippen LogP contribution >= 0.6 is 11.3 Å². The number of anilines is 2. The van der Waals surface area contributed by atoms with Crippen LogP contribution < -0.4 is 10.2 Å².